The lowest BCUT2D eigenvalue weighted by Gasteiger charge is -2.21. The molecule has 0 bridgehead atoms. The van der Waals surface area contributed by atoms with Gasteiger partial charge in [-0.25, -0.2) is 14.2 Å². The third-order valence-electron chi connectivity index (χ3n) is 6.51. The fraction of sp³-hybridized carbons (Fsp3) is 0.852. The monoisotopic (exact) mass is 621 g/mol. The molecule has 0 atom stereocenters. The van der Waals surface area contributed by atoms with E-state index in [9.17, 15) is 18.9 Å². The largest absolute Gasteiger partial charge is 0.508 e. The van der Waals surface area contributed by atoms with E-state index in [1.165, 1.54) is 11.9 Å². The first-order valence-corrected chi connectivity index (χ1v) is 16.4. The van der Waals surface area contributed by atoms with Crippen molar-refractivity contribution in [1.29, 1.82) is 0 Å². The van der Waals surface area contributed by atoms with Crippen LogP contribution in [0.25, 0.3) is 0 Å². The van der Waals surface area contributed by atoms with Gasteiger partial charge in [-0.1, -0.05) is 12.8 Å². The lowest BCUT2D eigenvalue weighted by Crippen LogP contribution is -2.38. The molecule has 0 aromatic carbocycles. The number of likely N-dealkylation sites (N-methyl/N-ethyl adjacent to an activating group) is 1. The van der Waals surface area contributed by atoms with Crippen molar-refractivity contribution in [2.45, 2.75) is 109 Å². The number of nitrogens with zero attached hydrogens (tertiary/aromatic N) is 2. The molecule has 15 heteroatoms. The first-order valence-electron chi connectivity index (χ1n) is 14.9. The maximum atomic E-state index is 13.4. The van der Waals surface area contributed by atoms with Gasteiger partial charge >= 0.3 is 26.0 Å². The minimum Gasteiger partial charge on any atom is -0.462 e. The molecular formula is C27H48N3O11P. The van der Waals surface area contributed by atoms with Crippen LogP contribution in [0.2, 0.25) is 0 Å². The predicted molar refractivity (Wildman–Crippen MR) is 153 cm³/mol. The fourth-order valence-electron chi connectivity index (χ4n) is 4.37. The highest BCUT2D eigenvalue weighted by Crippen LogP contribution is 2.50. The maximum Gasteiger partial charge on any atom is 0.508 e. The fourth-order valence-corrected chi connectivity index (χ4v) is 5.68. The van der Waals surface area contributed by atoms with Crippen LogP contribution in [0.15, 0.2) is 4.76 Å². The molecule has 2 N–H and O–H groups in total. The highest BCUT2D eigenvalue weighted by molar-refractivity contribution is 7.52. The molecule has 14 nitrogen and oxygen atoms in total. The Kier molecular flexibility index (Phi) is 16.6. The van der Waals surface area contributed by atoms with Gasteiger partial charge in [0.15, 0.2) is 0 Å². The minimum atomic E-state index is -4.16. The number of esters is 1. The van der Waals surface area contributed by atoms with E-state index in [2.05, 4.69) is 4.76 Å². The zero-order chi connectivity index (χ0) is 30.8. The molecule has 42 heavy (non-hydrogen) atoms. The second-order valence-electron chi connectivity index (χ2n) is 10.6. The van der Waals surface area contributed by atoms with Crippen molar-refractivity contribution in [3.8, 4) is 0 Å². The number of hydrogen-bond donors (Lipinski definition) is 1. The average molecular weight is 622 g/mol. The summed E-state index contributed by atoms with van der Waals surface area (Å²) in [6.45, 7) is 2.88. The molecule has 2 aliphatic rings. The van der Waals surface area contributed by atoms with Gasteiger partial charge in [0.2, 0.25) is 5.96 Å². The van der Waals surface area contributed by atoms with Crippen molar-refractivity contribution < 1.29 is 51.7 Å². The standard InChI is InChI=1S/C27H48N3O11P/c1-21(2)39-24(31)20-30(3)25(28)29-42(34,37-18-10-16-35-26(32)40-22-12-6-4-7-13-22)38-19-11-17-36-27(33)41-23-14-8-5-9-15-23/h21-23H,4-20H2,1-3H3,(H2,28,29,34). The molecule has 0 aromatic heterocycles. The third-order valence-corrected chi connectivity index (χ3v) is 7.97. The first-order chi connectivity index (χ1) is 20.1. The first kappa shape index (κ1) is 35.6. The Bertz CT molecular complexity index is 860. The van der Waals surface area contributed by atoms with Crippen LogP contribution >= 0.6 is 7.75 Å². The number of nitrogens with two attached hydrogens (primary N) is 1. The molecule has 0 saturated heterocycles. The average Bonchev–Trinajstić information content (AvgIpc) is 2.93. The minimum absolute atomic E-state index is 0.0252. The summed E-state index contributed by atoms with van der Waals surface area (Å²) in [7, 11) is -2.69. The molecule has 0 heterocycles. The second-order valence-corrected chi connectivity index (χ2v) is 12.3. The van der Waals surface area contributed by atoms with Crippen LogP contribution < -0.4 is 5.73 Å². The Morgan fingerprint density at radius 3 is 1.69 bits per heavy atom. The topological polar surface area (TPSA) is 175 Å². The summed E-state index contributed by atoms with van der Waals surface area (Å²) in [4.78, 5) is 37.1. The smallest absolute Gasteiger partial charge is 0.462 e. The van der Waals surface area contributed by atoms with Crippen LogP contribution in [-0.2, 0) is 42.1 Å². The van der Waals surface area contributed by atoms with Gasteiger partial charge in [0.05, 0.1) is 32.5 Å². The predicted octanol–water partition coefficient (Wildman–Crippen LogP) is 5.08. The van der Waals surface area contributed by atoms with E-state index in [0.717, 1.165) is 64.2 Å². The molecule has 0 unspecified atom stereocenters. The molecule has 2 saturated carbocycles. The number of ether oxygens (including phenoxy) is 5. The van der Waals surface area contributed by atoms with Gasteiger partial charge < -0.3 is 34.3 Å². The molecule has 2 aliphatic carbocycles. The molecule has 0 aromatic rings. The van der Waals surface area contributed by atoms with Crippen LogP contribution in [0.4, 0.5) is 9.59 Å². The molecule has 0 spiro atoms. The van der Waals surface area contributed by atoms with E-state index >= 15 is 0 Å². The summed E-state index contributed by atoms with van der Waals surface area (Å²) in [6, 6.07) is 0. The third kappa shape index (κ3) is 15.6. The molecule has 2 rings (SSSR count). The van der Waals surface area contributed by atoms with Crippen molar-refractivity contribution >= 4 is 32.0 Å². The molecule has 0 radical (unpaired) electrons. The Morgan fingerprint density at radius 2 is 1.26 bits per heavy atom. The van der Waals surface area contributed by atoms with Crippen LogP contribution in [-0.4, -0.2) is 87.5 Å². The van der Waals surface area contributed by atoms with E-state index in [0.29, 0.717) is 0 Å². The lowest BCUT2D eigenvalue weighted by atomic mass is 9.98. The number of carbonyl (C=O) groups excluding carboxylic acids is 3. The van der Waals surface area contributed by atoms with Gasteiger partial charge in [0, 0.05) is 19.9 Å². The molecule has 0 amide bonds. The van der Waals surface area contributed by atoms with Gasteiger partial charge in [-0.3, -0.25) is 13.8 Å². The van der Waals surface area contributed by atoms with Crippen LogP contribution in [0, 0.1) is 0 Å². The summed E-state index contributed by atoms with van der Waals surface area (Å²) < 4.78 is 54.1. The van der Waals surface area contributed by atoms with E-state index in [1.807, 2.05) is 0 Å². The van der Waals surface area contributed by atoms with E-state index in [4.69, 9.17) is 38.5 Å². The lowest BCUT2D eigenvalue weighted by molar-refractivity contribution is -0.147. The van der Waals surface area contributed by atoms with Crippen LogP contribution in [0.3, 0.4) is 0 Å². The zero-order valence-electron chi connectivity index (χ0n) is 25.2. The van der Waals surface area contributed by atoms with Crippen molar-refractivity contribution in [3.63, 3.8) is 0 Å². The molecular weight excluding hydrogens is 573 g/mol. The Balaban J connectivity index is 1.81. The van der Waals surface area contributed by atoms with Crippen molar-refractivity contribution in [3.05, 3.63) is 0 Å². The van der Waals surface area contributed by atoms with Crippen molar-refractivity contribution in [2.24, 2.45) is 10.5 Å². The molecule has 2 fully saturated rings. The number of carbonyl (C=O) groups is 3. The summed E-state index contributed by atoms with van der Waals surface area (Å²) >= 11 is 0. The highest BCUT2D eigenvalue weighted by atomic mass is 31.2. The zero-order valence-corrected chi connectivity index (χ0v) is 26.1. The Labute approximate surface area is 248 Å². The van der Waals surface area contributed by atoms with Crippen molar-refractivity contribution in [2.75, 3.05) is 40.0 Å². The van der Waals surface area contributed by atoms with Crippen LogP contribution in [0.5, 0.6) is 0 Å². The Morgan fingerprint density at radius 1 is 0.810 bits per heavy atom. The summed E-state index contributed by atoms with van der Waals surface area (Å²) in [5.41, 5.74) is 5.96. The number of rotatable bonds is 16. The number of guanidine groups is 1. The normalized spacial score (nSPS) is 17.0. The maximum absolute atomic E-state index is 13.4. The van der Waals surface area contributed by atoms with E-state index in [-0.39, 0.29) is 70.1 Å². The quantitative estimate of drug-likeness (QED) is 0.0604. The second kappa shape index (κ2) is 19.6. The Hall–Kier alpha value is -2.57. The van der Waals surface area contributed by atoms with E-state index in [1.54, 1.807) is 13.8 Å². The van der Waals surface area contributed by atoms with Gasteiger partial charge in [-0.05, 0) is 65.2 Å². The van der Waals surface area contributed by atoms with Gasteiger partial charge in [-0.2, -0.15) is 0 Å². The SMILES string of the molecule is CC(C)OC(=O)CN(C)/C(N)=N/P(=O)(OCCCOC(=O)OC1CCCCC1)OCCCOC(=O)OC1CCCCC1. The van der Waals surface area contributed by atoms with Gasteiger partial charge in [-0.15, -0.1) is 4.76 Å². The van der Waals surface area contributed by atoms with Gasteiger partial charge in [0.25, 0.3) is 0 Å². The summed E-state index contributed by atoms with van der Waals surface area (Å²) in [6.07, 6.45) is 8.00. The van der Waals surface area contributed by atoms with E-state index < -0.39 is 26.0 Å². The molecule has 0 aliphatic heterocycles. The highest BCUT2D eigenvalue weighted by Gasteiger charge is 2.27. The van der Waals surface area contributed by atoms with Crippen molar-refractivity contribution in [1.82, 2.24) is 4.90 Å². The van der Waals surface area contributed by atoms with Crippen LogP contribution in [0.1, 0.15) is 90.9 Å². The van der Waals surface area contributed by atoms with Gasteiger partial charge in [0.1, 0.15) is 18.8 Å². The molecule has 242 valence electrons. The number of hydrogen-bond acceptors (Lipinski definition) is 11. The summed E-state index contributed by atoms with van der Waals surface area (Å²) in [5.74, 6) is -0.810. The summed E-state index contributed by atoms with van der Waals surface area (Å²) in [5, 5.41) is 0.